The normalized spacial score (nSPS) is 11.6. The van der Waals surface area contributed by atoms with E-state index in [1.54, 1.807) is 42.7 Å². The Balaban J connectivity index is 1.83. The maximum Gasteiger partial charge on any atom is 0.333 e. The molecule has 8 nitrogen and oxygen atoms in total. The predicted octanol–water partition coefficient (Wildman–Crippen LogP) is 2.86. The molecule has 0 radical (unpaired) electrons. The number of methoxy groups -OCH3 is 1. The number of aryl methyl sites for hydroxylation is 1. The molecule has 0 aliphatic rings. The predicted molar refractivity (Wildman–Crippen MR) is 109 cm³/mol. The van der Waals surface area contributed by atoms with Crippen molar-refractivity contribution in [3.05, 3.63) is 65.6 Å². The van der Waals surface area contributed by atoms with Gasteiger partial charge in [0.15, 0.2) is 6.04 Å². The van der Waals surface area contributed by atoms with Gasteiger partial charge in [-0.25, -0.2) is 14.8 Å². The van der Waals surface area contributed by atoms with Crippen LogP contribution in [0.4, 0.5) is 5.95 Å². The van der Waals surface area contributed by atoms with Gasteiger partial charge in [0.2, 0.25) is 5.95 Å². The summed E-state index contributed by atoms with van der Waals surface area (Å²) in [5.41, 5.74) is 3.31. The molecule has 0 bridgehead atoms. The Labute approximate surface area is 168 Å². The number of carbonyl (C=O) groups excluding carboxylic acids is 2. The molecule has 29 heavy (non-hydrogen) atoms. The standard InChI is InChI=1S/C21H23N5O3/c1-4-22-21-24-11-13(2)17(26-21)15-10-16(23-12-15)19(27)25-18(20(28)29-3)14-8-6-5-7-9-14/h5-12,18,23H,4H2,1-3H3,(H,25,27)(H,22,24,26)/t18-/m0/s1. The second-order valence-corrected chi connectivity index (χ2v) is 6.40. The first-order chi connectivity index (χ1) is 14.0. The molecular weight excluding hydrogens is 370 g/mol. The number of hydrogen-bond acceptors (Lipinski definition) is 6. The number of H-pyrrole nitrogens is 1. The molecule has 1 atom stereocenters. The Bertz CT molecular complexity index is 1000. The molecule has 150 valence electrons. The van der Waals surface area contributed by atoms with Gasteiger partial charge in [-0.15, -0.1) is 0 Å². The van der Waals surface area contributed by atoms with Crippen LogP contribution in [-0.2, 0) is 9.53 Å². The highest BCUT2D eigenvalue weighted by molar-refractivity contribution is 5.96. The minimum Gasteiger partial charge on any atom is -0.467 e. The maximum atomic E-state index is 12.8. The first-order valence-corrected chi connectivity index (χ1v) is 9.23. The molecule has 0 fully saturated rings. The van der Waals surface area contributed by atoms with Gasteiger partial charge in [-0.1, -0.05) is 30.3 Å². The van der Waals surface area contributed by atoms with Gasteiger partial charge in [0.05, 0.1) is 12.8 Å². The van der Waals surface area contributed by atoms with E-state index in [4.69, 9.17) is 4.74 Å². The Hall–Kier alpha value is -3.68. The van der Waals surface area contributed by atoms with E-state index in [2.05, 4.69) is 25.6 Å². The second kappa shape index (κ2) is 9.01. The summed E-state index contributed by atoms with van der Waals surface area (Å²) in [6.45, 7) is 4.57. The van der Waals surface area contributed by atoms with Crippen LogP contribution in [0, 0.1) is 6.92 Å². The summed E-state index contributed by atoms with van der Waals surface area (Å²) in [5.74, 6) is -0.442. The Morgan fingerprint density at radius 2 is 2.00 bits per heavy atom. The average molecular weight is 393 g/mol. The minimum absolute atomic E-state index is 0.313. The highest BCUT2D eigenvalue weighted by Gasteiger charge is 2.24. The van der Waals surface area contributed by atoms with Crippen LogP contribution in [0.3, 0.4) is 0 Å². The number of hydrogen-bond donors (Lipinski definition) is 3. The van der Waals surface area contributed by atoms with E-state index >= 15 is 0 Å². The summed E-state index contributed by atoms with van der Waals surface area (Å²) < 4.78 is 4.84. The zero-order valence-electron chi connectivity index (χ0n) is 16.5. The molecule has 0 spiro atoms. The summed E-state index contributed by atoms with van der Waals surface area (Å²) in [4.78, 5) is 36.6. The van der Waals surface area contributed by atoms with Crippen LogP contribution < -0.4 is 10.6 Å². The molecule has 0 saturated carbocycles. The lowest BCUT2D eigenvalue weighted by Crippen LogP contribution is -2.34. The SMILES string of the molecule is CCNc1ncc(C)c(-c2c[nH]c(C(=O)N[C@H](C(=O)OC)c3ccccc3)c2)n1. The first-order valence-electron chi connectivity index (χ1n) is 9.23. The van der Waals surface area contributed by atoms with Gasteiger partial charge in [-0.05, 0) is 31.0 Å². The van der Waals surface area contributed by atoms with E-state index in [0.717, 1.165) is 16.8 Å². The summed E-state index contributed by atoms with van der Waals surface area (Å²) in [5, 5.41) is 5.80. The van der Waals surface area contributed by atoms with E-state index < -0.39 is 17.9 Å². The third kappa shape index (κ3) is 4.60. The molecule has 3 rings (SSSR count). The van der Waals surface area contributed by atoms with Crippen molar-refractivity contribution < 1.29 is 14.3 Å². The maximum absolute atomic E-state index is 12.8. The highest BCUT2D eigenvalue weighted by atomic mass is 16.5. The van der Waals surface area contributed by atoms with Gasteiger partial charge in [0, 0.05) is 24.5 Å². The number of rotatable bonds is 7. The van der Waals surface area contributed by atoms with Gasteiger partial charge in [0.25, 0.3) is 5.91 Å². The van der Waals surface area contributed by atoms with E-state index in [9.17, 15) is 9.59 Å². The number of esters is 1. The molecular formula is C21H23N5O3. The molecule has 0 saturated heterocycles. The number of carbonyl (C=O) groups is 2. The average Bonchev–Trinajstić information content (AvgIpc) is 3.23. The van der Waals surface area contributed by atoms with Crippen molar-refractivity contribution in [3.63, 3.8) is 0 Å². The zero-order chi connectivity index (χ0) is 20.8. The minimum atomic E-state index is -0.901. The number of ether oxygens (including phenoxy) is 1. The molecule has 0 aliphatic heterocycles. The van der Waals surface area contributed by atoms with Crippen LogP contribution in [0.25, 0.3) is 11.3 Å². The van der Waals surface area contributed by atoms with Crippen LogP contribution in [0.15, 0.2) is 48.8 Å². The number of anilines is 1. The van der Waals surface area contributed by atoms with E-state index in [1.807, 2.05) is 19.9 Å². The molecule has 2 heterocycles. The van der Waals surface area contributed by atoms with Gasteiger partial charge >= 0.3 is 5.97 Å². The van der Waals surface area contributed by atoms with Crippen LogP contribution in [0.5, 0.6) is 0 Å². The molecule has 3 aromatic rings. The lowest BCUT2D eigenvalue weighted by atomic mass is 10.1. The van der Waals surface area contributed by atoms with Gasteiger partial charge in [-0.2, -0.15) is 0 Å². The van der Waals surface area contributed by atoms with E-state index in [1.165, 1.54) is 7.11 Å². The number of amides is 1. The lowest BCUT2D eigenvalue weighted by Gasteiger charge is -2.16. The smallest absolute Gasteiger partial charge is 0.333 e. The topological polar surface area (TPSA) is 109 Å². The Kier molecular flexibility index (Phi) is 6.23. The fourth-order valence-corrected chi connectivity index (χ4v) is 2.89. The number of benzene rings is 1. The number of nitrogens with one attached hydrogen (secondary N) is 3. The summed E-state index contributed by atoms with van der Waals surface area (Å²) >= 11 is 0. The van der Waals surface area contributed by atoms with Crippen LogP contribution in [0.2, 0.25) is 0 Å². The van der Waals surface area contributed by atoms with Crippen molar-refractivity contribution >= 4 is 17.8 Å². The Morgan fingerprint density at radius 1 is 1.24 bits per heavy atom. The van der Waals surface area contributed by atoms with Gasteiger partial charge in [-0.3, -0.25) is 4.79 Å². The molecule has 1 amide bonds. The van der Waals surface area contributed by atoms with Crippen molar-refractivity contribution in [1.82, 2.24) is 20.3 Å². The van der Waals surface area contributed by atoms with Crippen molar-refractivity contribution in [2.75, 3.05) is 19.0 Å². The summed E-state index contributed by atoms with van der Waals surface area (Å²) in [6.07, 6.45) is 3.44. The first kappa shape index (κ1) is 20.1. The van der Waals surface area contributed by atoms with Gasteiger partial charge in [0.1, 0.15) is 5.69 Å². The largest absolute Gasteiger partial charge is 0.467 e. The molecule has 3 N–H and O–H groups in total. The zero-order valence-corrected chi connectivity index (χ0v) is 16.5. The lowest BCUT2D eigenvalue weighted by molar-refractivity contribution is -0.143. The van der Waals surface area contributed by atoms with Crippen molar-refractivity contribution in [3.8, 4) is 11.3 Å². The molecule has 2 aromatic heterocycles. The van der Waals surface area contributed by atoms with E-state index in [0.29, 0.717) is 23.8 Å². The Morgan fingerprint density at radius 3 is 2.69 bits per heavy atom. The fraction of sp³-hybridized carbons (Fsp3) is 0.238. The van der Waals surface area contributed by atoms with Crippen molar-refractivity contribution in [1.29, 1.82) is 0 Å². The summed E-state index contributed by atoms with van der Waals surface area (Å²) in [7, 11) is 1.29. The quantitative estimate of drug-likeness (QED) is 0.533. The molecule has 8 heteroatoms. The monoisotopic (exact) mass is 393 g/mol. The third-order valence-corrected chi connectivity index (χ3v) is 4.35. The van der Waals surface area contributed by atoms with Crippen molar-refractivity contribution in [2.24, 2.45) is 0 Å². The summed E-state index contributed by atoms with van der Waals surface area (Å²) in [6, 6.07) is 9.74. The highest BCUT2D eigenvalue weighted by Crippen LogP contribution is 2.23. The molecule has 0 aliphatic carbocycles. The second-order valence-electron chi connectivity index (χ2n) is 6.40. The fourth-order valence-electron chi connectivity index (χ4n) is 2.89. The number of nitrogens with zero attached hydrogens (tertiary/aromatic N) is 2. The molecule has 1 aromatic carbocycles. The molecule has 0 unspecified atom stereocenters. The number of aromatic nitrogens is 3. The van der Waals surface area contributed by atoms with E-state index in [-0.39, 0.29) is 0 Å². The third-order valence-electron chi connectivity index (χ3n) is 4.35. The number of aromatic amines is 1. The van der Waals surface area contributed by atoms with Crippen LogP contribution >= 0.6 is 0 Å². The van der Waals surface area contributed by atoms with Gasteiger partial charge < -0.3 is 20.4 Å². The van der Waals surface area contributed by atoms with Crippen LogP contribution in [-0.4, -0.2) is 40.5 Å². The van der Waals surface area contributed by atoms with Crippen LogP contribution in [0.1, 0.15) is 34.6 Å². The van der Waals surface area contributed by atoms with Crippen molar-refractivity contribution in [2.45, 2.75) is 19.9 Å².